The first-order valence-corrected chi connectivity index (χ1v) is 11.6. The summed E-state index contributed by atoms with van der Waals surface area (Å²) in [7, 11) is 2.61. The fraction of sp³-hybridized carbons (Fsp3) is 0.500. The summed E-state index contributed by atoms with van der Waals surface area (Å²) in [6.07, 6.45) is 3.60. The largest absolute Gasteiger partial charge is 0.493 e. The number of hydrogen-bond acceptors (Lipinski definition) is 6. The maximum Gasteiger partial charge on any atom is 0.387 e. The van der Waals surface area contributed by atoms with Gasteiger partial charge in [-0.05, 0) is 54.4 Å². The summed E-state index contributed by atoms with van der Waals surface area (Å²) >= 11 is 1.39. The number of thiophene rings is 1. The predicted octanol–water partition coefficient (Wildman–Crippen LogP) is 5.94. The average Bonchev–Trinajstić information content (AvgIpc) is 3.15. The van der Waals surface area contributed by atoms with Crippen LogP contribution in [-0.2, 0) is 17.6 Å². The molecule has 0 saturated carbocycles. The Morgan fingerprint density at radius 3 is 2.58 bits per heavy atom. The standard InChI is InChI=1S/C24H29F2NO5S/c1-6-24(2,3)14-8-9-15-18(12-14)33-21(19(15)22(29)31-5)27-20(28)13-7-10-16(32-23(25)26)17(11-13)30-4/h7,10-11,14,23H,6,8-9,12H2,1-5H3,(H,27,28)/t14-/m1/s1. The molecule has 0 aliphatic heterocycles. The van der Waals surface area contributed by atoms with Gasteiger partial charge in [-0.15, -0.1) is 11.3 Å². The molecule has 180 valence electrons. The van der Waals surface area contributed by atoms with Crippen molar-refractivity contribution in [2.75, 3.05) is 19.5 Å². The van der Waals surface area contributed by atoms with Crippen LogP contribution in [0.5, 0.6) is 11.5 Å². The predicted molar refractivity (Wildman–Crippen MR) is 123 cm³/mol. The summed E-state index contributed by atoms with van der Waals surface area (Å²) in [6.45, 7) is 3.69. The molecule has 1 atom stereocenters. The highest BCUT2D eigenvalue weighted by molar-refractivity contribution is 7.17. The number of ether oxygens (including phenoxy) is 3. The Labute approximate surface area is 196 Å². The van der Waals surface area contributed by atoms with E-state index in [1.54, 1.807) is 0 Å². The zero-order valence-electron chi connectivity index (χ0n) is 19.4. The number of esters is 1. The van der Waals surface area contributed by atoms with Gasteiger partial charge in [-0.1, -0.05) is 27.2 Å². The van der Waals surface area contributed by atoms with Crippen molar-refractivity contribution in [3.63, 3.8) is 0 Å². The Bertz CT molecular complexity index is 1030. The monoisotopic (exact) mass is 481 g/mol. The number of nitrogens with one attached hydrogen (secondary N) is 1. The molecule has 0 unspecified atom stereocenters. The number of anilines is 1. The van der Waals surface area contributed by atoms with E-state index in [1.807, 2.05) is 0 Å². The van der Waals surface area contributed by atoms with Crippen LogP contribution >= 0.6 is 11.3 Å². The smallest absolute Gasteiger partial charge is 0.387 e. The molecular formula is C24H29F2NO5S. The average molecular weight is 482 g/mol. The molecule has 9 heteroatoms. The van der Waals surface area contributed by atoms with Crippen LogP contribution in [0.15, 0.2) is 18.2 Å². The minimum Gasteiger partial charge on any atom is -0.493 e. The van der Waals surface area contributed by atoms with Gasteiger partial charge in [0, 0.05) is 10.4 Å². The van der Waals surface area contributed by atoms with Gasteiger partial charge in [0.25, 0.3) is 5.91 Å². The van der Waals surface area contributed by atoms with Crippen LogP contribution in [0.25, 0.3) is 0 Å². The van der Waals surface area contributed by atoms with E-state index in [0.29, 0.717) is 16.5 Å². The van der Waals surface area contributed by atoms with Gasteiger partial charge < -0.3 is 19.5 Å². The van der Waals surface area contributed by atoms with Crippen molar-refractivity contribution in [3.05, 3.63) is 39.8 Å². The normalized spacial score (nSPS) is 15.7. The number of carbonyl (C=O) groups is 2. The van der Waals surface area contributed by atoms with Gasteiger partial charge in [0.05, 0.1) is 19.8 Å². The Morgan fingerprint density at radius 1 is 1.24 bits per heavy atom. The summed E-state index contributed by atoms with van der Waals surface area (Å²) in [5.41, 5.74) is 1.68. The Kier molecular flexibility index (Phi) is 7.62. The van der Waals surface area contributed by atoms with Crippen molar-refractivity contribution in [1.29, 1.82) is 0 Å². The molecule has 1 aromatic heterocycles. The first-order chi connectivity index (χ1) is 15.6. The van der Waals surface area contributed by atoms with Crippen molar-refractivity contribution in [3.8, 4) is 11.5 Å². The number of rotatable bonds is 8. The molecule has 0 bridgehead atoms. The van der Waals surface area contributed by atoms with Crippen molar-refractivity contribution in [1.82, 2.24) is 0 Å². The molecule has 1 N–H and O–H groups in total. The molecule has 1 aromatic carbocycles. The molecule has 1 aliphatic carbocycles. The Morgan fingerprint density at radius 2 is 1.97 bits per heavy atom. The van der Waals surface area contributed by atoms with E-state index in [9.17, 15) is 18.4 Å². The maximum atomic E-state index is 13.0. The summed E-state index contributed by atoms with van der Waals surface area (Å²) in [5, 5.41) is 3.24. The summed E-state index contributed by atoms with van der Waals surface area (Å²) in [6, 6.07) is 3.93. The van der Waals surface area contributed by atoms with E-state index in [0.717, 1.165) is 36.1 Å². The lowest BCUT2D eigenvalue weighted by atomic mass is 9.69. The molecule has 6 nitrogen and oxygen atoms in total. The third kappa shape index (κ3) is 5.29. The molecule has 1 aliphatic rings. The lowest BCUT2D eigenvalue weighted by Crippen LogP contribution is -2.28. The highest BCUT2D eigenvalue weighted by Crippen LogP contribution is 2.45. The molecule has 1 heterocycles. The van der Waals surface area contributed by atoms with E-state index < -0.39 is 18.5 Å². The molecule has 1 amide bonds. The first kappa shape index (κ1) is 25.0. The minimum absolute atomic E-state index is 0.00579. The van der Waals surface area contributed by atoms with Gasteiger partial charge in [-0.3, -0.25) is 4.79 Å². The lowest BCUT2D eigenvalue weighted by Gasteiger charge is -2.36. The summed E-state index contributed by atoms with van der Waals surface area (Å²) in [5.74, 6) is -0.670. The zero-order valence-corrected chi connectivity index (χ0v) is 20.2. The van der Waals surface area contributed by atoms with Crippen LogP contribution < -0.4 is 14.8 Å². The number of benzene rings is 1. The molecule has 33 heavy (non-hydrogen) atoms. The van der Waals surface area contributed by atoms with Crippen molar-refractivity contribution < 1.29 is 32.6 Å². The second-order valence-electron chi connectivity index (χ2n) is 8.68. The third-order valence-corrected chi connectivity index (χ3v) is 7.71. The number of hydrogen-bond donors (Lipinski definition) is 1. The molecule has 0 saturated heterocycles. The number of fused-ring (bicyclic) bond motifs is 1. The fourth-order valence-electron chi connectivity index (χ4n) is 4.13. The second kappa shape index (κ2) is 10.1. The van der Waals surface area contributed by atoms with Gasteiger partial charge in [-0.25, -0.2) is 4.79 Å². The van der Waals surface area contributed by atoms with Crippen LogP contribution in [-0.4, -0.2) is 32.7 Å². The van der Waals surface area contributed by atoms with Crippen molar-refractivity contribution >= 4 is 28.2 Å². The van der Waals surface area contributed by atoms with E-state index in [-0.39, 0.29) is 22.5 Å². The molecule has 0 spiro atoms. The topological polar surface area (TPSA) is 73.9 Å². The van der Waals surface area contributed by atoms with E-state index >= 15 is 0 Å². The van der Waals surface area contributed by atoms with Crippen molar-refractivity contribution in [2.24, 2.45) is 11.3 Å². The minimum atomic E-state index is -3.01. The zero-order chi connectivity index (χ0) is 24.3. The highest BCUT2D eigenvalue weighted by atomic mass is 32.1. The lowest BCUT2D eigenvalue weighted by molar-refractivity contribution is -0.0512. The quantitative estimate of drug-likeness (QED) is 0.473. The summed E-state index contributed by atoms with van der Waals surface area (Å²) < 4.78 is 39.6. The van der Waals surface area contributed by atoms with Crippen LogP contribution in [0.3, 0.4) is 0 Å². The molecule has 3 rings (SSSR count). The first-order valence-electron chi connectivity index (χ1n) is 10.8. The SMILES string of the molecule is CCC(C)(C)[C@@H]1CCc2c(sc(NC(=O)c3ccc(OC(F)F)c(OC)c3)c2C(=O)OC)C1. The third-order valence-electron chi connectivity index (χ3n) is 6.54. The van der Waals surface area contributed by atoms with Crippen molar-refractivity contribution in [2.45, 2.75) is 53.1 Å². The Balaban J connectivity index is 1.91. The van der Waals surface area contributed by atoms with Gasteiger partial charge >= 0.3 is 12.6 Å². The van der Waals surface area contributed by atoms with E-state index in [4.69, 9.17) is 9.47 Å². The van der Waals surface area contributed by atoms with E-state index in [2.05, 4.69) is 30.8 Å². The number of carbonyl (C=O) groups excluding carboxylic acids is 2. The fourth-order valence-corrected chi connectivity index (χ4v) is 5.44. The van der Waals surface area contributed by atoms with Crippen LogP contribution in [0.1, 0.15) is 64.8 Å². The maximum absolute atomic E-state index is 13.0. The van der Waals surface area contributed by atoms with Gasteiger partial charge in [0.1, 0.15) is 5.00 Å². The molecule has 0 radical (unpaired) electrons. The van der Waals surface area contributed by atoms with E-state index in [1.165, 1.54) is 43.8 Å². The number of amides is 1. The number of alkyl halides is 2. The summed E-state index contributed by atoms with van der Waals surface area (Å²) in [4.78, 5) is 26.6. The molecule has 0 fully saturated rings. The molecule has 2 aromatic rings. The Hall–Kier alpha value is -2.68. The van der Waals surface area contributed by atoms with Gasteiger partial charge in [0.2, 0.25) is 0 Å². The second-order valence-corrected chi connectivity index (χ2v) is 9.78. The number of methoxy groups -OCH3 is 2. The van der Waals surface area contributed by atoms with Gasteiger partial charge in [0.15, 0.2) is 11.5 Å². The highest BCUT2D eigenvalue weighted by Gasteiger charge is 2.35. The van der Waals surface area contributed by atoms with Gasteiger partial charge in [-0.2, -0.15) is 8.78 Å². The molecular weight excluding hydrogens is 452 g/mol. The van der Waals surface area contributed by atoms with Crippen LogP contribution in [0, 0.1) is 11.3 Å². The number of halogens is 2. The van der Waals surface area contributed by atoms with Crippen LogP contribution in [0.2, 0.25) is 0 Å². The van der Waals surface area contributed by atoms with Crippen LogP contribution in [0.4, 0.5) is 13.8 Å².